The number of rotatable bonds is 6. The molecular formula is C14H17ClN4OS2. The third-order valence-electron chi connectivity index (χ3n) is 3.02. The molecule has 0 aliphatic carbocycles. The first-order valence-corrected chi connectivity index (χ1v) is 8.83. The van der Waals surface area contributed by atoms with Gasteiger partial charge in [-0.05, 0) is 31.5 Å². The number of aromatic nitrogens is 2. The fourth-order valence-electron chi connectivity index (χ4n) is 1.87. The molecule has 1 heterocycles. The van der Waals surface area contributed by atoms with Crippen molar-refractivity contribution in [3.8, 4) is 0 Å². The van der Waals surface area contributed by atoms with Gasteiger partial charge in [0.15, 0.2) is 4.34 Å². The number of benzene rings is 1. The molecule has 118 valence electrons. The van der Waals surface area contributed by atoms with Crippen molar-refractivity contribution in [1.82, 2.24) is 10.2 Å². The zero-order valence-corrected chi connectivity index (χ0v) is 14.7. The van der Waals surface area contributed by atoms with Crippen LogP contribution in [0.2, 0.25) is 5.02 Å². The monoisotopic (exact) mass is 356 g/mol. The van der Waals surface area contributed by atoms with Gasteiger partial charge in [-0.2, -0.15) is 0 Å². The summed E-state index contributed by atoms with van der Waals surface area (Å²) in [4.78, 5) is 13.0. The van der Waals surface area contributed by atoms with E-state index in [-0.39, 0.29) is 5.91 Å². The molecule has 8 heteroatoms. The van der Waals surface area contributed by atoms with E-state index < -0.39 is 5.54 Å². The van der Waals surface area contributed by atoms with Gasteiger partial charge < -0.3 is 11.1 Å². The molecule has 0 aliphatic rings. The van der Waals surface area contributed by atoms with E-state index in [2.05, 4.69) is 15.5 Å². The van der Waals surface area contributed by atoms with Crippen LogP contribution in [0.4, 0.5) is 5.69 Å². The summed E-state index contributed by atoms with van der Waals surface area (Å²) in [5, 5.41) is 11.1. The lowest BCUT2D eigenvalue weighted by molar-refractivity contribution is -0.120. The number of halogens is 1. The van der Waals surface area contributed by atoms with Crippen LogP contribution >= 0.6 is 34.7 Å². The maximum Gasteiger partial charge on any atom is 0.244 e. The van der Waals surface area contributed by atoms with E-state index in [0.29, 0.717) is 17.1 Å². The van der Waals surface area contributed by atoms with Gasteiger partial charge in [0.05, 0.1) is 10.6 Å². The number of hydrogen-bond donors (Lipinski definition) is 2. The fraction of sp³-hybridized carbons (Fsp3) is 0.357. The van der Waals surface area contributed by atoms with Gasteiger partial charge in [-0.3, -0.25) is 4.79 Å². The first kappa shape index (κ1) is 17.2. The van der Waals surface area contributed by atoms with E-state index >= 15 is 0 Å². The zero-order chi connectivity index (χ0) is 16.2. The Balaban J connectivity index is 2.07. The van der Waals surface area contributed by atoms with Crippen LogP contribution in [0.5, 0.6) is 0 Å². The number of carbonyl (C=O) groups excluding carboxylic acids is 1. The van der Waals surface area contributed by atoms with E-state index in [4.69, 9.17) is 17.3 Å². The summed E-state index contributed by atoms with van der Waals surface area (Å²) in [5.74, 6) is -0.213. The molecule has 1 atom stereocenters. The summed E-state index contributed by atoms with van der Waals surface area (Å²) in [6, 6.07) is 5.36. The van der Waals surface area contributed by atoms with Crippen LogP contribution < -0.4 is 11.1 Å². The largest absolute Gasteiger partial charge is 0.324 e. The molecule has 1 amide bonds. The number of amides is 1. The molecule has 22 heavy (non-hydrogen) atoms. The first-order valence-electron chi connectivity index (χ1n) is 6.76. The maximum absolute atomic E-state index is 12.2. The molecule has 0 bridgehead atoms. The van der Waals surface area contributed by atoms with Crippen molar-refractivity contribution in [2.75, 3.05) is 5.32 Å². The van der Waals surface area contributed by atoms with Crippen LogP contribution in [-0.4, -0.2) is 21.6 Å². The Kier molecular flexibility index (Phi) is 5.80. The Labute approximate surface area is 142 Å². The highest BCUT2D eigenvalue weighted by Crippen LogP contribution is 2.35. The van der Waals surface area contributed by atoms with E-state index in [0.717, 1.165) is 15.7 Å². The number of hydrogen-bond acceptors (Lipinski definition) is 6. The highest BCUT2D eigenvalue weighted by Gasteiger charge is 2.27. The predicted octanol–water partition coefficient (Wildman–Crippen LogP) is 3.80. The second-order valence-corrected chi connectivity index (χ2v) is 7.60. The van der Waals surface area contributed by atoms with E-state index in [1.54, 1.807) is 24.6 Å². The second kappa shape index (κ2) is 7.41. The summed E-state index contributed by atoms with van der Waals surface area (Å²) < 4.78 is 0.816. The number of carbonyl (C=O) groups is 1. The van der Waals surface area contributed by atoms with Crippen molar-refractivity contribution < 1.29 is 4.79 Å². The van der Waals surface area contributed by atoms with Crippen molar-refractivity contribution >= 4 is 46.3 Å². The number of nitrogens with zero attached hydrogens (tertiary/aromatic N) is 2. The molecular weight excluding hydrogens is 340 g/mol. The minimum Gasteiger partial charge on any atom is -0.324 e. The van der Waals surface area contributed by atoms with Crippen LogP contribution in [0.1, 0.15) is 26.7 Å². The third kappa shape index (κ3) is 4.42. The zero-order valence-electron chi connectivity index (χ0n) is 12.3. The van der Waals surface area contributed by atoms with Gasteiger partial charge >= 0.3 is 0 Å². The molecule has 0 aliphatic heterocycles. The minimum atomic E-state index is -0.888. The molecule has 0 saturated carbocycles. The molecule has 1 unspecified atom stereocenters. The van der Waals surface area contributed by atoms with Gasteiger partial charge in [-0.1, -0.05) is 48.0 Å². The van der Waals surface area contributed by atoms with Gasteiger partial charge in [0.1, 0.15) is 5.51 Å². The summed E-state index contributed by atoms with van der Waals surface area (Å²) in [7, 11) is 0. The Bertz CT molecular complexity index is 646. The molecule has 3 N–H and O–H groups in total. The molecule has 0 fully saturated rings. The highest BCUT2D eigenvalue weighted by atomic mass is 35.5. The SMILES string of the molecule is CCCC(C)(N)C(=O)Nc1ccc(Sc2nncs2)c(Cl)c1. The predicted molar refractivity (Wildman–Crippen MR) is 91.6 cm³/mol. The van der Waals surface area contributed by atoms with Crippen LogP contribution in [0, 0.1) is 0 Å². The van der Waals surface area contributed by atoms with E-state index in [1.165, 1.54) is 23.1 Å². The molecule has 0 radical (unpaired) electrons. The Morgan fingerprint density at radius 1 is 1.55 bits per heavy atom. The van der Waals surface area contributed by atoms with Gasteiger partial charge in [0.25, 0.3) is 0 Å². The van der Waals surface area contributed by atoms with Crippen LogP contribution in [0.25, 0.3) is 0 Å². The smallest absolute Gasteiger partial charge is 0.244 e. The summed E-state index contributed by atoms with van der Waals surface area (Å²) in [6.45, 7) is 3.72. The van der Waals surface area contributed by atoms with Gasteiger partial charge in [-0.25, -0.2) is 0 Å². The van der Waals surface area contributed by atoms with Gasteiger partial charge in [-0.15, -0.1) is 10.2 Å². The quantitative estimate of drug-likeness (QED) is 0.822. The summed E-state index contributed by atoms with van der Waals surface area (Å²) in [6.07, 6.45) is 1.47. The van der Waals surface area contributed by atoms with E-state index in [9.17, 15) is 4.79 Å². The molecule has 5 nitrogen and oxygen atoms in total. The molecule has 1 aromatic heterocycles. The van der Waals surface area contributed by atoms with Crippen LogP contribution in [-0.2, 0) is 4.79 Å². The van der Waals surface area contributed by atoms with Crippen LogP contribution in [0.3, 0.4) is 0 Å². The Morgan fingerprint density at radius 2 is 2.32 bits per heavy atom. The van der Waals surface area contributed by atoms with Gasteiger partial charge in [0.2, 0.25) is 5.91 Å². The highest BCUT2D eigenvalue weighted by molar-refractivity contribution is 8.01. The fourth-order valence-corrected chi connectivity index (χ4v) is 3.60. The van der Waals surface area contributed by atoms with Crippen molar-refractivity contribution in [2.24, 2.45) is 5.73 Å². The van der Waals surface area contributed by atoms with Crippen molar-refractivity contribution in [2.45, 2.75) is 41.5 Å². The lowest BCUT2D eigenvalue weighted by Gasteiger charge is -2.23. The van der Waals surface area contributed by atoms with Crippen molar-refractivity contribution in [1.29, 1.82) is 0 Å². The lowest BCUT2D eigenvalue weighted by Crippen LogP contribution is -2.48. The third-order valence-corrected chi connectivity index (χ3v) is 5.29. The molecule has 2 rings (SSSR count). The topological polar surface area (TPSA) is 80.9 Å². The van der Waals surface area contributed by atoms with Crippen LogP contribution in [0.15, 0.2) is 32.9 Å². The summed E-state index contributed by atoms with van der Waals surface area (Å²) >= 11 is 9.14. The molecule has 2 aromatic rings. The molecule has 0 spiro atoms. The molecule has 0 saturated heterocycles. The summed E-state index contributed by atoms with van der Waals surface area (Å²) in [5.41, 5.74) is 7.42. The lowest BCUT2D eigenvalue weighted by atomic mass is 9.96. The van der Waals surface area contributed by atoms with Crippen molar-refractivity contribution in [3.63, 3.8) is 0 Å². The van der Waals surface area contributed by atoms with Crippen molar-refractivity contribution in [3.05, 3.63) is 28.7 Å². The van der Waals surface area contributed by atoms with E-state index in [1.807, 2.05) is 13.0 Å². The Hall–Kier alpha value is -1.15. The maximum atomic E-state index is 12.2. The standard InChI is InChI=1S/C14H17ClN4OS2/c1-3-6-14(2,16)12(20)18-9-4-5-11(10(15)7-9)22-13-19-17-8-21-13/h4-5,7-8H,3,6,16H2,1-2H3,(H,18,20). The average molecular weight is 357 g/mol. The number of nitrogens with one attached hydrogen (secondary N) is 1. The molecule has 1 aromatic carbocycles. The Morgan fingerprint density at radius 3 is 2.91 bits per heavy atom. The average Bonchev–Trinajstić information content (AvgIpc) is 2.94. The number of anilines is 1. The normalized spacial score (nSPS) is 13.6. The second-order valence-electron chi connectivity index (χ2n) is 5.07. The minimum absolute atomic E-state index is 0.213. The van der Waals surface area contributed by atoms with Gasteiger partial charge in [0, 0.05) is 10.6 Å². The first-order chi connectivity index (χ1) is 10.4. The number of nitrogens with two attached hydrogens (primary N) is 1.